The van der Waals surface area contributed by atoms with Crippen LogP contribution in [0.1, 0.15) is 66.2 Å². The summed E-state index contributed by atoms with van der Waals surface area (Å²) in [7, 11) is 0. The van der Waals surface area contributed by atoms with Crippen LogP contribution in [0.3, 0.4) is 0 Å². The number of aliphatic hydroxyl groups excluding tert-OH is 2. The minimum atomic E-state index is -1.10. The quantitative estimate of drug-likeness (QED) is 0.475. The standard InChI is InChI=1S/C17H31NO4/c1-5-6-7-8-9-10-11-12-15(20)14(13-19)18-16(21)22-17(2,3)4/h14-15,19-20H,5-10,13H2,1-4H3,(H,18,21)/t14-,15-/m0/s1. The molecule has 0 bridgehead atoms. The number of carbonyl (C=O) groups is 1. The Labute approximate surface area is 134 Å². The Morgan fingerprint density at radius 1 is 1.23 bits per heavy atom. The number of amides is 1. The predicted octanol–water partition coefficient (Wildman–Crippen LogP) is 2.60. The number of unbranched alkanes of at least 4 members (excludes halogenated alkanes) is 5. The van der Waals surface area contributed by atoms with Gasteiger partial charge in [-0.1, -0.05) is 38.5 Å². The van der Waals surface area contributed by atoms with Crippen molar-refractivity contribution in [3.8, 4) is 11.8 Å². The molecule has 0 rings (SSSR count). The minimum absolute atomic E-state index is 0.397. The van der Waals surface area contributed by atoms with Crippen molar-refractivity contribution in [1.29, 1.82) is 0 Å². The molecule has 5 heteroatoms. The molecule has 0 saturated heterocycles. The summed E-state index contributed by atoms with van der Waals surface area (Å²) in [5.74, 6) is 5.56. The number of nitrogens with one attached hydrogen (secondary N) is 1. The highest BCUT2D eigenvalue weighted by atomic mass is 16.6. The fourth-order valence-electron chi connectivity index (χ4n) is 1.78. The van der Waals surface area contributed by atoms with Gasteiger partial charge in [-0.05, 0) is 27.2 Å². The van der Waals surface area contributed by atoms with Gasteiger partial charge < -0.3 is 20.3 Å². The number of alkyl carbamates (subject to hydrolysis) is 1. The fraction of sp³-hybridized carbons (Fsp3) is 0.824. The zero-order valence-electron chi connectivity index (χ0n) is 14.3. The van der Waals surface area contributed by atoms with Gasteiger partial charge in [0, 0.05) is 6.42 Å². The van der Waals surface area contributed by atoms with Gasteiger partial charge in [-0.3, -0.25) is 0 Å². The van der Waals surface area contributed by atoms with E-state index in [9.17, 15) is 15.0 Å². The Morgan fingerprint density at radius 2 is 1.86 bits per heavy atom. The maximum absolute atomic E-state index is 11.6. The van der Waals surface area contributed by atoms with Gasteiger partial charge in [0.25, 0.3) is 0 Å². The van der Waals surface area contributed by atoms with Crippen LogP contribution in [0.2, 0.25) is 0 Å². The molecule has 3 N–H and O–H groups in total. The maximum Gasteiger partial charge on any atom is 0.408 e. The molecule has 0 heterocycles. The maximum atomic E-state index is 11.6. The predicted molar refractivity (Wildman–Crippen MR) is 87.4 cm³/mol. The van der Waals surface area contributed by atoms with Crippen molar-refractivity contribution in [3.63, 3.8) is 0 Å². The van der Waals surface area contributed by atoms with Gasteiger partial charge in [0.1, 0.15) is 11.7 Å². The average molecular weight is 313 g/mol. The van der Waals surface area contributed by atoms with Crippen molar-refractivity contribution in [2.75, 3.05) is 6.61 Å². The topological polar surface area (TPSA) is 78.8 Å². The zero-order valence-corrected chi connectivity index (χ0v) is 14.3. The molecule has 0 unspecified atom stereocenters. The van der Waals surface area contributed by atoms with E-state index in [0.29, 0.717) is 6.42 Å². The Balaban J connectivity index is 4.14. The number of hydrogen-bond acceptors (Lipinski definition) is 4. The number of ether oxygens (including phenoxy) is 1. The van der Waals surface area contributed by atoms with E-state index < -0.39 is 30.4 Å². The number of carbonyl (C=O) groups excluding carboxylic acids is 1. The third kappa shape index (κ3) is 11.4. The van der Waals surface area contributed by atoms with Crippen LogP contribution in [0.5, 0.6) is 0 Å². The van der Waals surface area contributed by atoms with Crippen LogP contribution in [0.4, 0.5) is 4.79 Å². The number of hydrogen-bond donors (Lipinski definition) is 3. The van der Waals surface area contributed by atoms with E-state index in [2.05, 4.69) is 24.1 Å². The van der Waals surface area contributed by atoms with Gasteiger partial charge in [0.15, 0.2) is 0 Å². The summed E-state index contributed by atoms with van der Waals surface area (Å²) in [5.41, 5.74) is -0.626. The van der Waals surface area contributed by atoms with Gasteiger partial charge in [-0.15, -0.1) is 5.92 Å². The largest absolute Gasteiger partial charge is 0.444 e. The second-order valence-electron chi connectivity index (χ2n) is 6.37. The first-order chi connectivity index (χ1) is 10.3. The lowest BCUT2D eigenvalue weighted by Gasteiger charge is -2.23. The van der Waals surface area contributed by atoms with Crippen LogP contribution in [0, 0.1) is 11.8 Å². The molecule has 0 saturated carbocycles. The highest BCUT2D eigenvalue weighted by Gasteiger charge is 2.22. The van der Waals surface area contributed by atoms with E-state index in [1.165, 1.54) is 19.3 Å². The smallest absolute Gasteiger partial charge is 0.408 e. The highest BCUT2D eigenvalue weighted by molar-refractivity contribution is 5.68. The molecule has 0 fully saturated rings. The summed E-state index contributed by atoms with van der Waals surface area (Å²) < 4.78 is 5.08. The summed E-state index contributed by atoms with van der Waals surface area (Å²) >= 11 is 0. The van der Waals surface area contributed by atoms with Gasteiger partial charge >= 0.3 is 6.09 Å². The molecule has 0 aromatic carbocycles. The molecule has 0 aliphatic heterocycles. The Morgan fingerprint density at radius 3 is 2.41 bits per heavy atom. The number of rotatable bonds is 8. The molecule has 0 aromatic heterocycles. The normalized spacial score (nSPS) is 13.7. The molecular formula is C17H31NO4. The first-order valence-electron chi connectivity index (χ1n) is 8.07. The van der Waals surface area contributed by atoms with Gasteiger partial charge in [0.05, 0.1) is 12.6 Å². The van der Waals surface area contributed by atoms with Crippen molar-refractivity contribution in [2.24, 2.45) is 0 Å². The van der Waals surface area contributed by atoms with Gasteiger partial charge in [-0.2, -0.15) is 0 Å². The van der Waals surface area contributed by atoms with E-state index >= 15 is 0 Å². The molecule has 2 atom stereocenters. The van der Waals surface area contributed by atoms with E-state index in [1.54, 1.807) is 20.8 Å². The molecule has 0 aliphatic rings. The molecule has 0 spiro atoms. The average Bonchev–Trinajstić information content (AvgIpc) is 2.41. The van der Waals surface area contributed by atoms with E-state index in [4.69, 9.17) is 4.74 Å². The number of aliphatic hydroxyl groups is 2. The lowest BCUT2D eigenvalue weighted by atomic mass is 10.1. The lowest BCUT2D eigenvalue weighted by Crippen LogP contribution is -2.47. The summed E-state index contributed by atoms with van der Waals surface area (Å²) in [4.78, 5) is 11.6. The monoisotopic (exact) mass is 313 g/mol. The second-order valence-corrected chi connectivity index (χ2v) is 6.37. The Bertz CT molecular complexity index is 365. The third-order valence-corrected chi connectivity index (χ3v) is 2.94. The van der Waals surface area contributed by atoms with E-state index in [-0.39, 0.29) is 0 Å². The molecule has 0 aromatic rings. The summed E-state index contributed by atoms with van der Waals surface area (Å²) in [6, 6.07) is -0.845. The summed E-state index contributed by atoms with van der Waals surface area (Å²) in [5, 5.41) is 21.6. The van der Waals surface area contributed by atoms with Crippen LogP contribution in [-0.2, 0) is 4.74 Å². The van der Waals surface area contributed by atoms with Crippen molar-refractivity contribution in [1.82, 2.24) is 5.32 Å². The third-order valence-electron chi connectivity index (χ3n) is 2.94. The molecule has 0 radical (unpaired) electrons. The van der Waals surface area contributed by atoms with Crippen molar-refractivity contribution in [2.45, 2.75) is 84.0 Å². The molecular weight excluding hydrogens is 282 g/mol. The Kier molecular flexibility index (Phi) is 10.7. The minimum Gasteiger partial charge on any atom is -0.444 e. The van der Waals surface area contributed by atoms with Gasteiger partial charge in [-0.25, -0.2) is 4.79 Å². The van der Waals surface area contributed by atoms with Crippen LogP contribution in [0.25, 0.3) is 0 Å². The van der Waals surface area contributed by atoms with Crippen LogP contribution in [-0.4, -0.2) is 40.7 Å². The highest BCUT2D eigenvalue weighted by Crippen LogP contribution is 2.07. The SMILES string of the molecule is CCCCCCCC#C[C@H](O)[C@H](CO)NC(=O)OC(C)(C)C. The molecule has 1 amide bonds. The van der Waals surface area contributed by atoms with Crippen LogP contribution >= 0.6 is 0 Å². The molecule has 128 valence electrons. The lowest BCUT2D eigenvalue weighted by molar-refractivity contribution is 0.0413. The first-order valence-corrected chi connectivity index (χ1v) is 8.07. The van der Waals surface area contributed by atoms with Crippen LogP contribution in [0.15, 0.2) is 0 Å². The second kappa shape index (κ2) is 11.3. The van der Waals surface area contributed by atoms with E-state index in [0.717, 1.165) is 12.8 Å². The molecule has 5 nitrogen and oxygen atoms in total. The van der Waals surface area contributed by atoms with Crippen molar-refractivity contribution < 1.29 is 19.7 Å². The molecule has 22 heavy (non-hydrogen) atoms. The summed E-state index contributed by atoms with van der Waals surface area (Å²) in [6.07, 6.45) is 4.73. The van der Waals surface area contributed by atoms with Gasteiger partial charge in [0.2, 0.25) is 0 Å². The molecule has 0 aliphatic carbocycles. The van der Waals surface area contributed by atoms with Crippen LogP contribution < -0.4 is 5.32 Å². The van der Waals surface area contributed by atoms with E-state index in [1.807, 2.05) is 0 Å². The zero-order chi connectivity index (χ0) is 17.0. The van der Waals surface area contributed by atoms with Crippen molar-refractivity contribution >= 4 is 6.09 Å². The Hall–Kier alpha value is -1.25. The van der Waals surface area contributed by atoms with Crippen molar-refractivity contribution in [3.05, 3.63) is 0 Å². The fourth-order valence-corrected chi connectivity index (χ4v) is 1.78. The summed E-state index contributed by atoms with van der Waals surface area (Å²) in [6.45, 7) is 7.01. The first kappa shape index (κ1) is 20.8.